The normalized spacial score (nSPS) is 10.7. The van der Waals surface area contributed by atoms with Gasteiger partial charge in [-0.05, 0) is 35.4 Å². The van der Waals surface area contributed by atoms with Crippen LogP contribution in [-0.2, 0) is 4.79 Å². The Morgan fingerprint density at radius 2 is 2.00 bits per heavy atom. The Kier molecular flexibility index (Phi) is 4.24. The number of aromatic nitrogens is 1. The molecular weight excluding hydrogens is 380 g/mol. The number of rotatable bonds is 2. The molecule has 0 bridgehead atoms. The number of carbonyl (C=O) groups excluding carboxylic acids is 1. The van der Waals surface area contributed by atoms with Crippen LogP contribution in [0.1, 0.15) is 6.92 Å². The first kappa shape index (κ1) is 15.8. The van der Waals surface area contributed by atoms with E-state index in [1.165, 1.54) is 13.0 Å². The van der Waals surface area contributed by atoms with E-state index in [4.69, 9.17) is 11.6 Å². The average Bonchev–Trinajstić information content (AvgIpc) is 2.46. The smallest absolute Gasteiger partial charge is 0.249 e. The van der Waals surface area contributed by atoms with Gasteiger partial charge in [0.05, 0.1) is 11.2 Å². The molecule has 0 aliphatic rings. The molecule has 2 aromatic carbocycles. The third-order valence-electron chi connectivity index (χ3n) is 3.36. The first-order valence-electron chi connectivity index (χ1n) is 6.84. The number of benzene rings is 2. The maximum atomic E-state index is 12.1. The van der Waals surface area contributed by atoms with Gasteiger partial charge in [0.25, 0.3) is 0 Å². The molecule has 0 saturated heterocycles. The van der Waals surface area contributed by atoms with Crippen LogP contribution in [0.25, 0.3) is 22.0 Å². The molecule has 2 N–H and O–H groups in total. The van der Waals surface area contributed by atoms with Crippen molar-refractivity contribution in [3.05, 3.63) is 62.3 Å². The molecule has 1 aromatic heterocycles. The summed E-state index contributed by atoms with van der Waals surface area (Å²) in [5.41, 5.74) is 2.45. The van der Waals surface area contributed by atoms with Crippen molar-refractivity contribution in [3.63, 3.8) is 0 Å². The summed E-state index contributed by atoms with van der Waals surface area (Å²) in [5, 5.41) is 4.14. The molecule has 0 unspecified atom stereocenters. The fraction of sp³-hybridized carbons (Fsp3) is 0.0588. The van der Waals surface area contributed by atoms with E-state index < -0.39 is 0 Å². The second-order valence-electron chi connectivity index (χ2n) is 5.11. The van der Waals surface area contributed by atoms with Crippen LogP contribution >= 0.6 is 27.5 Å². The highest BCUT2D eigenvalue weighted by atomic mass is 79.9. The van der Waals surface area contributed by atoms with Crippen molar-refractivity contribution in [2.75, 3.05) is 5.32 Å². The first-order valence-corrected chi connectivity index (χ1v) is 8.01. The lowest BCUT2D eigenvalue weighted by atomic mass is 10.0. The second-order valence-corrected chi connectivity index (χ2v) is 6.47. The molecule has 0 saturated carbocycles. The number of pyridine rings is 1. The molecule has 6 heteroatoms. The number of H-pyrrole nitrogens is 1. The predicted molar refractivity (Wildman–Crippen MR) is 97.0 cm³/mol. The van der Waals surface area contributed by atoms with E-state index in [2.05, 4.69) is 26.2 Å². The molecule has 116 valence electrons. The molecule has 0 fully saturated rings. The zero-order valence-corrected chi connectivity index (χ0v) is 14.5. The number of fused-ring (bicyclic) bond motifs is 1. The zero-order chi connectivity index (χ0) is 16.6. The van der Waals surface area contributed by atoms with Crippen LogP contribution < -0.4 is 10.9 Å². The SMILES string of the molecule is CC(=O)Nc1cc(Br)cc2c(-c3cccc(Cl)c3)cc(=O)[nH]c12. The van der Waals surface area contributed by atoms with Crippen molar-refractivity contribution in [2.45, 2.75) is 6.92 Å². The van der Waals surface area contributed by atoms with E-state index in [9.17, 15) is 9.59 Å². The molecule has 4 nitrogen and oxygen atoms in total. The van der Waals surface area contributed by atoms with Gasteiger partial charge < -0.3 is 10.3 Å². The molecule has 0 radical (unpaired) electrons. The van der Waals surface area contributed by atoms with Gasteiger partial charge in [-0.15, -0.1) is 0 Å². The van der Waals surface area contributed by atoms with Crippen molar-refractivity contribution < 1.29 is 4.79 Å². The maximum Gasteiger partial charge on any atom is 0.249 e. The highest BCUT2D eigenvalue weighted by Gasteiger charge is 2.12. The van der Waals surface area contributed by atoms with Crippen molar-refractivity contribution >= 4 is 50.0 Å². The zero-order valence-electron chi connectivity index (χ0n) is 12.1. The van der Waals surface area contributed by atoms with E-state index >= 15 is 0 Å². The number of nitrogens with one attached hydrogen (secondary N) is 2. The minimum atomic E-state index is -0.249. The van der Waals surface area contributed by atoms with Gasteiger partial charge in [-0.1, -0.05) is 39.7 Å². The van der Waals surface area contributed by atoms with Crippen LogP contribution in [0.15, 0.2) is 51.7 Å². The summed E-state index contributed by atoms with van der Waals surface area (Å²) in [5.74, 6) is -0.210. The molecule has 0 aliphatic heterocycles. The Bertz CT molecular complexity index is 982. The maximum absolute atomic E-state index is 12.1. The molecule has 1 heterocycles. The highest BCUT2D eigenvalue weighted by molar-refractivity contribution is 9.10. The fourth-order valence-electron chi connectivity index (χ4n) is 2.51. The van der Waals surface area contributed by atoms with Gasteiger partial charge in [-0.2, -0.15) is 0 Å². The van der Waals surface area contributed by atoms with Gasteiger partial charge in [0.2, 0.25) is 11.5 Å². The third-order valence-corrected chi connectivity index (χ3v) is 4.06. The van der Waals surface area contributed by atoms with Gasteiger partial charge in [-0.25, -0.2) is 0 Å². The summed E-state index contributed by atoms with van der Waals surface area (Å²) >= 11 is 9.51. The number of hydrogen-bond acceptors (Lipinski definition) is 2. The van der Waals surface area contributed by atoms with Crippen LogP contribution in [0, 0.1) is 0 Å². The second kappa shape index (κ2) is 6.18. The number of carbonyl (C=O) groups is 1. The van der Waals surface area contributed by atoms with Gasteiger partial charge in [-0.3, -0.25) is 9.59 Å². The summed E-state index contributed by atoms with van der Waals surface area (Å²) in [6.07, 6.45) is 0. The van der Waals surface area contributed by atoms with Gasteiger partial charge in [0, 0.05) is 27.9 Å². The Hall–Kier alpha value is -2.11. The Labute approximate surface area is 145 Å². The summed E-state index contributed by atoms with van der Waals surface area (Å²) in [4.78, 5) is 26.3. The van der Waals surface area contributed by atoms with E-state index in [1.54, 1.807) is 18.2 Å². The molecule has 0 aliphatic carbocycles. The van der Waals surface area contributed by atoms with Crippen molar-refractivity contribution in [2.24, 2.45) is 0 Å². The fourth-order valence-corrected chi connectivity index (χ4v) is 3.15. The largest absolute Gasteiger partial charge is 0.324 e. The number of anilines is 1. The van der Waals surface area contributed by atoms with Crippen LogP contribution in [0.3, 0.4) is 0 Å². The minimum absolute atomic E-state index is 0.210. The number of aromatic amines is 1. The lowest BCUT2D eigenvalue weighted by molar-refractivity contribution is -0.114. The topological polar surface area (TPSA) is 62.0 Å². The molecule has 0 atom stereocenters. The Balaban J connectivity index is 2.37. The van der Waals surface area contributed by atoms with Crippen LogP contribution in [0.2, 0.25) is 5.02 Å². The van der Waals surface area contributed by atoms with E-state index in [-0.39, 0.29) is 11.5 Å². The highest BCUT2D eigenvalue weighted by Crippen LogP contribution is 2.33. The molecule has 1 amide bonds. The van der Waals surface area contributed by atoms with Crippen LogP contribution in [0.5, 0.6) is 0 Å². The number of amides is 1. The third kappa shape index (κ3) is 3.30. The molecule has 3 aromatic rings. The number of hydrogen-bond donors (Lipinski definition) is 2. The van der Waals surface area contributed by atoms with E-state index in [1.807, 2.05) is 18.2 Å². The number of halogens is 2. The van der Waals surface area contributed by atoms with Crippen molar-refractivity contribution in [1.29, 1.82) is 0 Å². The Morgan fingerprint density at radius 3 is 2.70 bits per heavy atom. The minimum Gasteiger partial charge on any atom is -0.324 e. The first-order chi connectivity index (χ1) is 10.9. The quantitative estimate of drug-likeness (QED) is 0.672. The van der Waals surface area contributed by atoms with Crippen LogP contribution in [-0.4, -0.2) is 10.9 Å². The lowest BCUT2D eigenvalue weighted by Crippen LogP contribution is -2.10. The van der Waals surface area contributed by atoms with Crippen molar-refractivity contribution in [1.82, 2.24) is 4.98 Å². The summed E-state index contributed by atoms with van der Waals surface area (Å²) in [6.45, 7) is 1.42. The summed E-state index contributed by atoms with van der Waals surface area (Å²) in [6, 6.07) is 12.5. The molecule has 3 rings (SSSR count). The summed E-state index contributed by atoms with van der Waals surface area (Å²) in [7, 11) is 0. The Morgan fingerprint density at radius 1 is 1.22 bits per heavy atom. The van der Waals surface area contributed by atoms with Gasteiger partial charge in [0.1, 0.15) is 0 Å². The standard InChI is InChI=1S/C17H12BrClN2O2/c1-9(22)20-15-7-11(18)6-14-13(8-16(23)21-17(14)15)10-3-2-4-12(19)5-10/h2-8H,1H3,(H,20,22)(H,21,23). The molecule has 0 spiro atoms. The molecular formula is C17H12BrClN2O2. The molecule has 23 heavy (non-hydrogen) atoms. The predicted octanol–water partition coefficient (Wildman–Crippen LogP) is 4.57. The van der Waals surface area contributed by atoms with Crippen LogP contribution in [0.4, 0.5) is 5.69 Å². The summed E-state index contributed by atoms with van der Waals surface area (Å²) < 4.78 is 0.795. The average molecular weight is 392 g/mol. The van der Waals surface area contributed by atoms with Gasteiger partial charge in [0.15, 0.2) is 0 Å². The van der Waals surface area contributed by atoms with Gasteiger partial charge >= 0.3 is 0 Å². The van der Waals surface area contributed by atoms with E-state index in [0.29, 0.717) is 16.2 Å². The lowest BCUT2D eigenvalue weighted by Gasteiger charge is -2.12. The monoisotopic (exact) mass is 390 g/mol. The van der Waals surface area contributed by atoms with E-state index in [0.717, 1.165) is 21.0 Å². The van der Waals surface area contributed by atoms with Crippen molar-refractivity contribution in [3.8, 4) is 11.1 Å².